The van der Waals surface area contributed by atoms with Gasteiger partial charge in [-0.15, -0.1) is 0 Å². The molecule has 5 rings (SSSR count). The summed E-state index contributed by atoms with van der Waals surface area (Å²) in [7, 11) is -1.21. The first-order valence-electron chi connectivity index (χ1n) is 11.0. The van der Waals surface area contributed by atoms with E-state index in [0.29, 0.717) is 28.1 Å². The van der Waals surface area contributed by atoms with E-state index in [1.807, 2.05) is 26.0 Å². The summed E-state index contributed by atoms with van der Waals surface area (Å²) in [6.07, 6.45) is 4.07. The van der Waals surface area contributed by atoms with Crippen LogP contribution in [0.5, 0.6) is 0 Å². The van der Waals surface area contributed by atoms with E-state index in [4.69, 9.17) is 8.83 Å². The van der Waals surface area contributed by atoms with Crippen molar-refractivity contribution in [3.8, 4) is 0 Å². The fraction of sp³-hybridized carbons (Fsp3) is 0.500. The van der Waals surface area contributed by atoms with Crippen LogP contribution >= 0.6 is 0 Å². The fourth-order valence-electron chi connectivity index (χ4n) is 5.02. The van der Waals surface area contributed by atoms with E-state index < -0.39 is 10.8 Å². The largest absolute Gasteiger partial charge is 0.442 e. The van der Waals surface area contributed by atoms with Crippen molar-refractivity contribution in [1.82, 2.24) is 10.3 Å². The van der Waals surface area contributed by atoms with Crippen molar-refractivity contribution in [2.24, 2.45) is 11.3 Å². The molecular formula is C24H28N2O4S. The predicted octanol–water partition coefficient (Wildman–Crippen LogP) is 4.95. The number of carbonyl (C=O) groups is 1. The summed E-state index contributed by atoms with van der Waals surface area (Å²) in [5.74, 6) is 2.06. The van der Waals surface area contributed by atoms with Gasteiger partial charge >= 0.3 is 0 Å². The number of oxazole rings is 1. The van der Waals surface area contributed by atoms with Crippen molar-refractivity contribution in [3.05, 3.63) is 47.5 Å². The van der Waals surface area contributed by atoms with Crippen molar-refractivity contribution in [3.63, 3.8) is 0 Å². The highest BCUT2D eigenvalue weighted by Gasteiger charge is 2.54. The van der Waals surface area contributed by atoms with E-state index in [9.17, 15) is 9.00 Å². The molecule has 3 aromatic rings. The summed E-state index contributed by atoms with van der Waals surface area (Å²) in [6, 6.07) is 9.52. The molecule has 2 aromatic heterocycles. The second kappa shape index (κ2) is 7.62. The summed E-state index contributed by atoms with van der Waals surface area (Å²) in [4.78, 5) is 17.2. The molecule has 1 aromatic carbocycles. The third-order valence-electron chi connectivity index (χ3n) is 6.48. The highest BCUT2D eigenvalue weighted by atomic mass is 32.2. The zero-order chi connectivity index (χ0) is 21.8. The van der Waals surface area contributed by atoms with E-state index in [1.165, 1.54) is 5.56 Å². The maximum absolute atomic E-state index is 12.5. The molecule has 1 spiro atoms. The monoisotopic (exact) mass is 440 g/mol. The average molecular weight is 441 g/mol. The van der Waals surface area contributed by atoms with Gasteiger partial charge in [0.15, 0.2) is 22.3 Å². The molecule has 1 amide bonds. The molecule has 1 N–H and O–H groups in total. The number of nitrogens with one attached hydrogen (secondary N) is 1. The molecule has 7 heteroatoms. The number of hydrogen-bond acceptors (Lipinski definition) is 5. The van der Waals surface area contributed by atoms with Gasteiger partial charge in [0.2, 0.25) is 0 Å². The topological polar surface area (TPSA) is 85.3 Å². The van der Waals surface area contributed by atoms with Gasteiger partial charge in [0.05, 0.1) is 10.8 Å². The second-order valence-electron chi connectivity index (χ2n) is 9.73. The number of hydrogen-bond donors (Lipinski definition) is 1. The molecule has 1 unspecified atom stereocenters. The zero-order valence-electron chi connectivity index (χ0n) is 18.1. The van der Waals surface area contributed by atoms with Gasteiger partial charge in [-0.25, -0.2) is 4.98 Å². The molecule has 1 atom stereocenters. The van der Waals surface area contributed by atoms with Crippen molar-refractivity contribution >= 4 is 27.8 Å². The number of carbonyl (C=O) groups excluding carboxylic acids is 1. The molecule has 0 aliphatic heterocycles. The van der Waals surface area contributed by atoms with Crippen LogP contribution < -0.4 is 5.32 Å². The first kappa shape index (κ1) is 20.5. The van der Waals surface area contributed by atoms with Gasteiger partial charge in [0.25, 0.3) is 5.91 Å². The lowest BCUT2D eigenvalue weighted by molar-refractivity contribution is -0.0256. The number of aromatic nitrogens is 1. The maximum Gasteiger partial charge on any atom is 0.287 e. The minimum absolute atomic E-state index is 0.162. The molecule has 2 aliphatic carbocycles. The van der Waals surface area contributed by atoms with E-state index in [-0.39, 0.29) is 17.7 Å². The lowest BCUT2D eigenvalue weighted by Gasteiger charge is -2.57. The Labute approximate surface area is 184 Å². The lowest BCUT2D eigenvalue weighted by Crippen LogP contribution is -2.55. The first-order chi connectivity index (χ1) is 14.8. The van der Waals surface area contributed by atoms with Gasteiger partial charge in [0, 0.05) is 17.7 Å². The summed E-state index contributed by atoms with van der Waals surface area (Å²) < 4.78 is 23.7. The highest BCUT2D eigenvalue weighted by Crippen LogP contribution is 2.61. The molecule has 31 heavy (non-hydrogen) atoms. The van der Waals surface area contributed by atoms with Crippen LogP contribution in [-0.2, 0) is 10.8 Å². The fourth-order valence-corrected chi connectivity index (χ4v) is 6.19. The van der Waals surface area contributed by atoms with Crippen LogP contribution in [0.1, 0.15) is 67.5 Å². The number of benzene rings is 1. The number of nitrogens with zero attached hydrogens (tertiary/aromatic N) is 1. The molecule has 2 saturated carbocycles. The minimum Gasteiger partial charge on any atom is -0.442 e. The summed E-state index contributed by atoms with van der Waals surface area (Å²) in [5, 5.41) is 3.44. The van der Waals surface area contributed by atoms with E-state index in [1.54, 1.807) is 12.1 Å². The molecule has 6 nitrogen and oxygen atoms in total. The summed E-state index contributed by atoms with van der Waals surface area (Å²) in [5.41, 5.74) is 3.27. The second-order valence-corrected chi connectivity index (χ2v) is 11.2. The van der Waals surface area contributed by atoms with Crippen LogP contribution in [0, 0.1) is 18.3 Å². The first-order valence-corrected chi connectivity index (χ1v) is 12.3. The highest BCUT2D eigenvalue weighted by molar-refractivity contribution is 7.84. The van der Waals surface area contributed by atoms with E-state index >= 15 is 0 Å². The zero-order valence-corrected chi connectivity index (χ0v) is 19.0. The SMILES string of the molecule is Cc1ccc2oc(C3CC4(CC(NC(=O)c5ccc(S(=O)CC(C)C)o5)C4)C3)nc2c1. The third kappa shape index (κ3) is 3.95. The smallest absolute Gasteiger partial charge is 0.287 e. The summed E-state index contributed by atoms with van der Waals surface area (Å²) in [6.45, 7) is 6.08. The average Bonchev–Trinajstić information content (AvgIpc) is 3.28. The summed E-state index contributed by atoms with van der Waals surface area (Å²) >= 11 is 0. The van der Waals surface area contributed by atoms with Gasteiger partial charge < -0.3 is 14.2 Å². The Bertz CT molecular complexity index is 1150. The minimum atomic E-state index is -1.21. The molecule has 2 aliphatic rings. The van der Waals surface area contributed by atoms with Crippen LogP contribution in [0.2, 0.25) is 0 Å². The number of rotatable bonds is 6. The Morgan fingerprint density at radius 2 is 1.97 bits per heavy atom. The van der Waals surface area contributed by atoms with Crippen LogP contribution in [0.4, 0.5) is 0 Å². The number of fused-ring (bicyclic) bond motifs is 1. The van der Waals surface area contributed by atoms with Gasteiger partial charge in [-0.05, 0) is 73.8 Å². The van der Waals surface area contributed by atoms with Gasteiger partial charge in [0.1, 0.15) is 5.52 Å². The number of amides is 1. The Kier molecular flexibility index (Phi) is 5.04. The Morgan fingerprint density at radius 3 is 2.71 bits per heavy atom. The quantitative estimate of drug-likeness (QED) is 0.586. The predicted molar refractivity (Wildman–Crippen MR) is 118 cm³/mol. The van der Waals surface area contributed by atoms with Crippen molar-refractivity contribution in [2.75, 3.05) is 5.75 Å². The molecule has 0 radical (unpaired) electrons. The Morgan fingerprint density at radius 1 is 1.19 bits per heavy atom. The lowest BCUT2D eigenvalue weighted by atomic mass is 9.50. The van der Waals surface area contributed by atoms with Crippen LogP contribution in [0.15, 0.2) is 44.3 Å². The molecule has 2 fully saturated rings. The third-order valence-corrected chi connectivity index (χ3v) is 8.11. The van der Waals surface area contributed by atoms with Crippen molar-refractivity contribution in [1.29, 1.82) is 0 Å². The molecule has 2 heterocycles. The van der Waals surface area contributed by atoms with Crippen molar-refractivity contribution < 1.29 is 17.8 Å². The van der Waals surface area contributed by atoms with Crippen LogP contribution in [0.25, 0.3) is 11.1 Å². The van der Waals surface area contributed by atoms with Crippen LogP contribution in [-0.4, -0.2) is 26.9 Å². The molecule has 164 valence electrons. The maximum atomic E-state index is 12.5. The number of furan rings is 1. The van der Waals surface area contributed by atoms with Gasteiger partial charge in [-0.1, -0.05) is 19.9 Å². The normalized spacial score (nSPS) is 26.1. The van der Waals surface area contributed by atoms with Crippen molar-refractivity contribution in [2.45, 2.75) is 63.5 Å². The standard InChI is InChI=1S/C24H28N2O4S/c1-14(2)13-31(28)21-7-6-20(29-21)22(27)25-17-11-24(12-17)9-16(10-24)23-26-18-8-15(3)4-5-19(18)30-23/h4-8,14,16-17H,9-13H2,1-3H3,(H,25,27). The van der Waals surface area contributed by atoms with Gasteiger partial charge in [-0.2, -0.15) is 0 Å². The van der Waals surface area contributed by atoms with Gasteiger partial charge in [-0.3, -0.25) is 9.00 Å². The van der Waals surface area contributed by atoms with E-state index in [2.05, 4.69) is 23.3 Å². The van der Waals surface area contributed by atoms with Crippen LogP contribution in [0.3, 0.4) is 0 Å². The van der Waals surface area contributed by atoms with E-state index in [0.717, 1.165) is 42.7 Å². The molecule has 0 bridgehead atoms. The molecular weight excluding hydrogens is 412 g/mol. The Balaban J connectivity index is 1.13. The number of aryl methyl sites for hydroxylation is 1. The molecule has 0 saturated heterocycles. The Hall–Kier alpha value is -2.41.